The van der Waals surface area contributed by atoms with Crippen LogP contribution in [0.1, 0.15) is 5.56 Å². The van der Waals surface area contributed by atoms with Crippen molar-refractivity contribution in [1.82, 2.24) is 0 Å². The van der Waals surface area contributed by atoms with Crippen LogP contribution in [0.25, 0.3) is 6.08 Å². The van der Waals surface area contributed by atoms with Crippen molar-refractivity contribution in [3.63, 3.8) is 0 Å². The summed E-state index contributed by atoms with van der Waals surface area (Å²) in [6.45, 7) is 0.248. The molecule has 1 aromatic rings. The Kier molecular flexibility index (Phi) is 2.97. The van der Waals surface area contributed by atoms with E-state index >= 15 is 0 Å². The average molecular weight is 185 g/mol. The fourth-order valence-electron chi connectivity index (χ4n) is 0.908. The molecule has 3 N–H and O–H groups in total. The maximum Gasteiger partial charge on any atom is 0.168 e. The van der Waals surface area contributed by atoms with Crippen LogP contribution in [-0.4, -0.2) is 11.7 Å². The smallest absolute Gasteiger partial charge is 0.168 e. The van der Waals surface area contributed by atoms with E-state index in [0.717, 1.165) is 6.07 Å². The van der Waals surface area contributed by atoms with Crippen molar-refractivity contribution in [2.75, 3.05) is 6.54 Å². The molecule has 0 aliphatic rings. The van der Waals surface area contributed by atoms with Crippen LogP contribution in [0.3, 0.4) is 0 Å². The molecule has 0 radical (unpaired) electrons. The van der Waals surface area contributed by atoms with E-state index in [-0.39, 0.29) is 12.1 Å². The fraction of sp³-hybridized carbons (Fsp3) is 0.111. The minimum atomic E-state index is -0.975. The van der Waals surface area contributed by atoms with Crippen molar-refractivity contribution in [2.24, 2.45) is 5.73 Å². The van der Waals surface area contributed by atoms with Crippen LogP contribution in [-0.2, 0) is 0 Å². The number of benzene rings is 1. The first-order valence-electron chi connectivity index (χ1n) is 3.69. The van der Waals surface area contributed by atoms with Crippen molar-refractivity contribution in [1.29, 1.82) is 0 Å². The van der Waals surface area contributed by atoms with Gasteiger partial charge in [-0.15, -0.1) is 0 Å². The molecule has 70 valence electrons. The molecular formula is C9H9F2NO. The highest BCUT2D eigenvalue weighted by atomic mass is 19.1. The Balaban J connectivity index is 3.12. The van der Waals surface area contributed by atoms with E-state index in [4.69, 9.17) is 10.8 Å². The van der Waals surface area contributed by atoms with Crippen LogP contribution >= 0.6 is 0 Å². The van der Waals surface area contributed by atoms with Gasteiger partial charge in [-0.1, -0.05) is 12.2 Å². The predicted octanol–water partition coefficient (Wildman–Crippen LogP) is 1.64. The van der Waals surface area contributed by atoms with Gasteiger partial charge in [0.1, 0.15) is 5.82 Å². The number of phenols is 1. The molecule has 1 rings (SSSR count). The summed E-state index contributed by atoms with van der Waals surface area (Å²) in [6.07, 6.45) is 2.86. The second-order valence-corrected chi connectivity index (χ2v) is 2.46. The summed E-state index contributed by atoms with van der Waals surface area (Å²) in [7, 11) is 0. The highest BCUT2D eigenvalue weighted by molar-refractivity contribution is 5.57. The first-order chi connectivity index (χ1) is 6.15. The monoisotopic (exact) mass is 185 g/mol. The molecule has 0 amide bonds. The number of phenolic OH excluding ortho intramolecular Hbond substituents is 1. The van der Waals surface area contributed by atoms with Gasteiger partial charge in [-0.25, -0.2) is 8.78 Å². The number of rotatable bonds is 2. The van der Waals surface area contributed by atoms with Gasteiger partial charge in [-0.05, 0) is 6.07 Å². The van der Waals surface area contributed by atoms with Crippen LogP contribution in [0.15, 0.2) is 18.2 Å². The highest BCUT2D eigenvalue weighted by Gasteiger charge is 2.06. The summed E-state index contributed by atoms with van der Waals surface area (Å²) in [4.78, 5) is 0. The lowest BCUT2D eigenvalue weighted by molar-refractivity contribution is 0.426. The van der Waals surface area contributed by atoms with Crippen LogP contribution in [0.5, 0.6) is 5.75 Å². The van der Waals surface area contributed by atoms with Crippen LogP contribution in [0, 0.1) is 11.6 Å². The molecule has 13 heavy (non-hydrogen) atoms. The molecule has 0 aromatic heterocycles. The molecule has 0 atom stereocenters. The Morgan fingerprint density at radius 3 is 2.69 bits per heavy atom. The number of halogens is 2. The quantitative estimate of drug-likeness (QED) is 0.735. The second kappa shape index (κ2) is 4.00. The lowest BCUT2D eigenvalue weighted by Gasteiger charge is -2.00. The Hall–Kier alpha value is -1.42. The minimum absolute atomic E-state index is 0.0861. The normalized spacial score (nSPS) is 11.0. The summed E-state index contributed by atoms with van der Waals surface area (Å²) >= 11 is 0. The van der Waals surface area contributed by atoms with Gasteiger partial charge >= 0.3 is 0 Å². The molecule has 0 unspecified atom stereocenters. The number of hydrogen-bond acceptors (Lipinski definition) is 2. The molecule has 4 heteroatoms. The largest absolute Gasteiger partial charge is 0.504 e. The van der Waals surface area contributed by atoms with Gasteiger partial charge in [0.15, 0.2) is 11.6 Å². The fourth-order valence-corrected chi connectivity index (χ4v) is 0.908. The van der Waals surface area contributed by atoms with Gasteiger partial charge in [-0.2, -0.15) is 0 Å². The third kappa shape index (κ3) is 2.26. The van der Waals surface area contributed by atoms with Crippen molar-refractivity contribution in [2.45, 2.75) is 0 Å². The van der Waals surface area contributed by atoms with Gasteiger partial charge in [-0.3, -0.25) is 0 Å². The van der Waals surface area contributed by atoms with Gasteiger partial charge in [0.05, 0.1) is 0 Å². The van der Waals surface area contributed by atoms with Crippen LogP contribution in [0.4, 0.5) is 8.78 Å². The Morgan fingerprint density at radius 1 is 1.38 bits per heavy atom. The molecular weight excluding hydrogens is 176 g/mol. The molecule has 0 fully saturated rings. The van der Waals surface area contributed by atoms with Crippen molar-refractivity contribution >= 4 is 6.08 Å². The van der Waals surface area contributed by atoms with E-state index in [0.29, 0.717) is 6.07 Å². The molecule has 0 spiro atoms. The third-order valence-electron chi connectivity index (χ3n) is 1.49. The second-order valence-electron chi connectivity index (χ2n) is 2.46. The predicted molar refractivity (Wildman–Crippen MR) is 46.1 cm³/mol. The molecule has 0 aliphatic heterocycles. The maximum absolute atomic E-state index is 12.7. The lowest BCUT2D eigenvalue weighted by Crippen LogP contribution is -1.92. The van der Waals surface area contributed by atoms with Gasteiger partial charge in [0.2, 0.25) is 0 Å². The van der Waals surface area contributed by atoms with E-state index < -0.39 is 17.4 Å². The summed E-state index contributed by atoms with van der Waals surface area (Å²) in [5, 5.41) is 9.11. The van der Waals surface area contributed by atoms with Gasteiger partial charge < -0.3 is 10.8 Å². The SMILES string of the molecule is NCC=Cc1cc(F)cc(F)c1O. The zero-order chi connectivity index (χ0) is 9.84. The summed E-state index contributed by atoms with van der Waals surface area (Å²) in [5.74, 6) is -2.27. The zero-order valence-electron chi connectivity index (χ0n) is 6.80. The first kappa shape index (κ1) is 9.67. The van der Waals surface area contributed by atoms with Gasteiger partial charge in [0.25, 0.3) is 0 Å². The number of aromatic hydroxyl groups is 1. The topological polar surface area (TPSA) is 46.2 Å². The van der Waals surface area contributed by atoms with Crippen molar-refractivity contribution in [3.8, 4) is 5.75 Å². The van der Waals surface area contributed by atoms with Crippen LogP contribution < -0.4 is 5.73 Å². The molecule has 1 aromatic carbocycles. The Labute approximate surface area is 74.3 Å². The van der Waals surface area contributed by atoms with Gasteiger partial charge in [0, 0.05) is 18.2 Å². The lowest BCUT2D eigenvalue weighted by atomic mass is 10.1. The number of nitrogens with two attached hydrogens (primary N) is 1. The van der Waals surface area contributed by atoms with Crippen molar-refractivity contribution < 1.29 is 13.9 Å². The van der Waals surface area contributed by atoms with E-state index in [1.807, 2.05) is 0 Å². The molecule has 0 aliphatic carbocycles. The molecule has 0 saturated heterocycles. The minimum Gasteiger partial charge on any atom is -0.504 e. The highest BCUT2D eigenvalue weighted by Crippen LogP contribution is 2.23. The molecule has 0 heterocycles. The van der Waals surface area contributed by atoms with E-state index in [9.17, 15) is 8.78 Å². The summed E-state index contributed by atoms with van der Waals surface area (Å²) < 4.78 is 25.3. The zero-order valence-corrected chi connectivity index (χ0v) is 6.80. The Bertz CT molecular complexity index is 337. The molecule has 0 saturated carbocycles. The van der Waals surface area contributed by atoms with E-state index in [1.165, 1.54) is 12.2 Å². The molecule has 2 nitrogen and oxygen atoms in total. The molecule has 0 bridgehead atoms. The first-order valence-corrected chi connectivity index (χ1v) is 3.69. The maximum atomic E-state index is 12.7. The average Bonchev–Trinajstić information content (AvgIpc) is 2.09. The van der Waals surface area contributed by atoms with Crippen molar-refractivity contribution in [3.05, 3.63) is 35.4 Å². The van der Waals surface area contributed by atoms with E-state index in [1.54, 1.807) is 0 Å². The summed E-state index contributed by atoms with van der Waals surface area (Å²) in [6, 6.07) is 1.65. The Morgan fingerprint density at radius 2 is 2.08 bits per heavy atom. The summed E-state index contributed by atoms with van der Waals surface area (Å²) in [5.41, 5.74) is 5.23. The number of hydrogen-bond donors (Lipinski definition) is 2. The van der Waals surface area contributed by atoms with E-state index in [2.05, 4.69) is 0 Å². The van der Waals surface area contributed by atoms with Crippen LogP contribution in [0.2, 0.25) is 0 Å². The standard InChI is InChI=1S/C9H9F2NO/c10-7-4-6(2-1-3-12)9(13)8(11)5-7/h1-2,4-5,13H,3,12H2. The third-order valence-corrected chi connectivity index (χ3v) is 1.49.